The van der Waals surface area contributed by atoms with Crippen molar-refractivity contribution in [1.29, 1.82) is 0 Å². The number of alkyl halides is 3. The molecule has 1 saturated carbocycles. The topological polar surface area (TPSA) is 105 Å². The van der Waals surface area contributed by atoms with Crippen LogP contribution in [0.3, 0.4) is 0 Å². The Morgan fingerprint density at radius 3 is 2.26 bits per heavy atom. The Kier molecular flexibility index (Phi) is 8.77. The smallest absolute Gasteiger partial charge is 0.433 e. The lowest BCUT2D eigenvalue weighted by Crippen LogP contribution is -2.42. The van der Waals surface area contributed by atoms with Crippen molar-refractivity contribution < 1.29 is 32.7 Å². The van der Waals surface area contributed by atoms with Gasteiger partial charge in [0.25, 0.3) is 5.91 Å². The number of aryl methyl sites for hydroxylation is 1. The van der Waals surface area contributed by atoms with Gasteiger partial charge in [0.1, 0.15) is 0 Å². The molecule has 39 heavy (non-hydrogen) atoms. The summed E-state index contributed by atoms with van der Waals surface area (Å²) in [6.45, 7) is 7.87. The quantitative estimate of drug-likeness (QED) is 0.369. The lowest BCUT2D eigenvalue weighted by atomic mass is 9.74. The molecule has 0 bridgehead atoms. The number of ketones is 1. The molecule has 8 nitrogen and oxygen atoms in total. The first-order chi connectivity index (χ1) is 17.9. The molecule has 0 saturated heterocycles. The molecule has 1 N–H and O–H groups in total. The first kappa shape index (κ1) is 30.9. The van der Waals surface area contributed by atoms with Gasteiger partial charge in [0.15, 0.2) is 11.5 Å². The predicted molar refractivity (Wildman–Crippen MR) is 139 cm³/mol. The third-order valence-corrected chi connectivity index (χ3v) is 7.68. The summed E-state index contributed by atoms with van der Waals surface area (Å²) in [6, 6.07) is -0.731. The van der Waals surface area contributed by atoms with E-state index in [1.54, 1.807) is 34.6 Å². The van der Waals surface area contributed by atoms with Crippen LogP contribution >= 0.6 is 23.2 Å². The highest BCUT2D eigenvalue weighted by Crippen LogP contribution is 2.43. The number of carboxylic acid groups (broad SMARTS) is 1. The zero-order valence-corrected chi connectivity index (χ0v) is 23.8. The van der Waals surface area contributed by atoms with E-state index in [0.717, 1.165) is 15.8 Å². The minimum Gasteiger partial charge on any atom is -0.481 e. The van der Waals surface area contributed by atoms with Crippen molar-refractivity contribution >= 4 is 40.9 Å². The van der Waals surface area contributed by atoms with E-state index in [1.807, 2.05) is 0 Å². The molecule has 2 heterocycles. The number of carboxylic acids is 1. The average Bonchev–Trinajstić information content (AvgIpc) is 3.26. The molecule has 2 aromatic rings. The van der Waals surface area contributed by atoms with Gasteiger partial charge < -0.3 is 10.0 Å². The molecule has 13 heteroatoms. The largest absolute Gasteiger partial charge is 0.481 e. The van der Waals surface area contributed by atoms with Crippen molar-refractivity contribution in [2.45, 2.75) is 72.5 Å². The van der Waals surface area contributed by atoms with Crippen LogP contribution in [0.4, 0.5) is 13.2 Å². The van der Waals surface area contributed by atoms with E-state index in [0.29, 0.717) is 5.69 Å². The number of amides is 1. The molecule has 0 spiro atoms. The first-order valence-corrected chi connectivity index (χ1v) is 13.1. The number of nitrogens with zero attached hydrogens (tertiary/aromatic N) is 4. The summed E-state index contributed by atoms with van der Waals surface area (Å²) in [5.41, 5.74) is -3.24. The lowest BCUT2D eigenvalue weighted by molar-refractivity contribution is -0.152. The molecule has 0 atom stereocenters. The van der Waals surface area contributed by atoms with E-state index < -0.39 is 58.5 Å². The van der Waals surface area contributed by atoms with Gasteiger partial charge in [-0.3, -0.25) is 24.0 Å². The summed E-state index contributed by atoms with van der Waals surface area (Å²) in [7, 11) is 0. The summed E-state index contributed by atoms with van der Waals surface area (Å²) in [5, 5.41) is 13.4. The number of aliphatic carboxylic acids is 1. The highest BCUT2D eigenvalue weighted by Gasteiger charge is 2.45. The summed E-state index contributed by atoms with van der Waals surface area (Å²) < 4.78 is 43.9. The van der Waals surface area contributed by atoms with Gasteiger partial charge in [0.05, 0.1) is 51.1 Å². The predicted octanol–water partition coefficient (Wildman–Crippen LogP) is 6.49. The second-order valence-electron chi connectivity index (χ2n) is 11.5. The Morgan fingerprint density at radius 2 is 1.74 bits per heavy atom. The standard InChI is InChI=1S/C26H31Cl2F3N4O4/c1-14-20(28)19(17(27)11-32-14)18(36)12-34(13-24(2,3)4)22(37)16-10-33-35(21(16)26(29,30)31)15-6-8-25(5,9-7-15)23(38)39/h10-11,15H,6-9,12-13H2,1-5H3,(H,38,39). The van der Waals surface area contributed by atoms with Gasteiger partial charge in [0, 0.05) is 12.7 Å². The van der Waals surface area contributed by atoms with Crippen LogP contribution in [0, 0.1) is 17.8 Å². The van der Waals surface area contributed by atoms with Crippen molar-refractivity contribution in [3.05, 3.63) is 45.0 Å². The zero-order chi connectivity index (χ0) is 29.5. The second-order valence-corrected chi connectivity index (χ2v) is 12.3. The Hall–Kier alpha value is -2.66. The second kappa shape index (κ2) is 11.1. The van der Waals surface area contributed by atoms with Crippen molar-refractivity contribution in [2.24, 2.45) is 10.8 Å². The third kappa shape index (κ3) is 6.74. The third-order valence-electron chi connectivity index (χ3n) is 6.93. The molecule has 1 amide bonds. The zero-order valence-electron chi connectivity index (χ0n) is 22.3. The van der Waals surface area contributed by atoms with Gasteiger partial charge in [-0.2, -0.15) is 18.3 Å². The number of hydrogen-bond donors (Lipinski definition) is 1. The lowest BCUT2D eigenvalue weighted by Gasteiger charge is -2.34. The van der Waals surface area contributed by atoms with Crippen LogP contribution in [-0.2, 0) is 11.0 Å². The Bertz CT molecular complexity index is 1280. The molecule has 0 radical (unpaired) electrons. The van der Waals surface area contributed by atoms with Crippen molar-refractivity contribution in [3.8, 4) is 0 Å². The fourth-order valence-electron chi connectivity index (χ4n) is 4.79. The molecule has 2 aromatic heterocycles. The van der Waals surface area contributed by atoms with Crippen molar-refractivity contribution in [2.75, 3.05) is 13.1 Å². The number of carbonyl (C=O) groups excluding carboxylic acids is 2. The molecular formula is C26H31Cl2F3N4O4. The highest BCUT2D eigenvalue weighted by atomic mass is 35.5. The van der Waals surface area contributed by atoms with E-state index in [4.69, 9.17) is 23.2 Å². The molecule has 1 aliphatic carbocycles. The van der Waals surface area contributed by atoms with Crippen molar-refractivity contribution in [3.63, 3.8) is 0 Å². The maximum Gasteiger partial charge on any atom is 0.433 e. The van der Waals surface area contributed by atoms with Crippen LogP contribution in [0.25, 0.3) is 0 Å². The van der Waals surface area contributed by atoms with Crippen LogP contribution in [0.1, 0.15) is 91.5 Å². The van der Waals surface area contributed by atoms with Crippen LogP contribution in [-0.4, -0.2) is 55.5 Å². The fraction of sp³-hybridized carbons (Fsp3) is 0.577. The van der Waals surface area contributed by atoms with Crippen LogP contribution < -0.4 is 0 Å². The van der Waals surface area contributed by atoms with Gasteiger partial charge in [-0.1, -0.05) is 44.0 Å². The van der Waals surface area contributed by atoms with Crippen molar-refractivity contribution in [1.82, 2.24) is 19.7 Å². The minimum atomic E-state index is -4.93. The minimum absolute atomic E-state index is 0.00474. The Balaban J connectivity index is 2.00. The first-order valence-electron chi connectivity index (χ1n) is 12.4. The molecular weight excluding hydrogens is 560 g/mol. The van der Waals surface area contributed by atoms with Crippen LogP contribution in [0.5, 0.6) is 0 Å². The van der Waals surface area contributed by atoms with Gasteiger partial charge in [-0.25, -0.2) is 0 Å². The number of hydrogen-bond acceptors (Lipinski definition) is 5. The Labute approximate surface area is 234 Å². The number of carbonyl (C=O) groups is 3. The maximum absolute atomic E-state index is 14.4. The number of aromatic nitrogens is 3. The number of halogens is 5. The van der Waals surface area contributed by atoms with E-state index in [2.05, 4.69) is 10.1 Å². The molecule has 214 valence electrons. The van der Waals surface area contributed by atoms with E-state index in [9.17, 15) is 32.7 Å². The molecule has 0 unspecified atom stereocenters. The van der Waals surface area contributed by atoms with E-state index in [-0.39, 0.29) is 47.8 Å². The molecule has 0 aliphatic heterocycles. The fourth-order valence-corrected chi connectivity index (χ4v) is 5.34. The average molecular weight is 591 g/mol. The monoisotopic (exact) mass is 590 g/mol. The highest BCUT2D eigenvalue weighted by molar-refractivity contribution is 6.40. The van der Waals surface area contributed by atoms with E-state index in [1.165, 1.54) is 6.20 Å². The van der Waals surface area contributed by atoms with E-state index >= 15 is 0 Å². The number of pyridine rings is 1. The van der Waals surface area contributed by atoms with Gasteiger partial charge in [-0.15, -0.1) is 0 Å². The summed E-state index contributed by atoms with van der Waals surface area (Å²) in [4.78, 5) is 43.5. The summed E-state index contributed by atoms with van der Waals surface area (Å²) >= 11 is 12.4. The van der Waals surface area contributed by atoms with Gasteiger partial charge in [-0.05, 0) is 44.9 Å². The Morgan fingerprint density at radius 1 is 1.15 bits per heavy atom. The molecule has 1 fully saturated rings. The molecule has 1 aliphatic rings. The number of rotatable bonds is 7. The van der Waals surface area contributed by atoms with Crippen LogP contribution in [0.15, 0.2) is 12.4 Å². The van der Waals surface area contributed by atoms with Gasteiger partial charge in [0.2, 0.25) is 0 Å². The number of Topliss-reactive ketones (excluding diaryl/α,β-unsaturated/α-hetero) is 1. The SMILES string of the molecule is Cc1ncc(Cl)c(C(=O)CN(CC(C)(C)C)C(=O)c2cnn(C3CCC(C)(C(=O)O)CC3)c2C(F)(F)F)c1Cl. The summed E-state index contributed by atoms with van der Waals surface area (Å²) in [6.07, 6.45) is -2.16. The molecule has 3 rings (SSSR count). The normalized spacial score (nSPS) is 20.1. The molecule has 0 aromatic carbocycles. The maximum atomic E-state index is 14.4. The van der Waals surface area contributed by atoms with Crippen LogP contribution in [0.2, 0.25) is 10.0 Å². The van der Waals surface area contributed by atoms with Gasteiger partial charge >= 0.3 is 12.1 Å². The summed E-state index contributed by atoms with van der Waals surface area (Å²) in [5.74, 6) is -2.66.